The second kappa shape index (κ2) is 8.03. The van der Waals surface area contributed by atoms with E-state index in [1.807, 2.05) is 0 Å². The van der Waals surface area contributed by atoms with Gasteiger partial charge >= 0.3 is 0 Å². The molecule has 0 aliphatic carbocycles. The van der Waals surface area contributed by atoms with Crippen LogP contribution in [-0.4, -0.2) is 63.0 Å². The van der Waals surface area contributed by atoms with Gasteiger partial charge in [-0.3, -0.25) is 4.90 Å². The summed E-state index contributed by atoms with van der Waals surface area (Å²) in [5, 5.41) is 3.48. The van der Waals surface area contributed by atoms with E-state index in [1.54, 1.807) is 7.11 Å². The van der Waals surface area contributed by atoms with Gasteiger partial charge in [-0.2, -0.15) is 0 Å². The van der Waals surface area contributed by atoms with Gasteiger partial charge in [-0.15, -0.1) is 0 Å². The van der Waals surface area contributed by atoms with Crippen LogP contribution in [0.3, 0.4) is 0 Å². The predicted octanol–water partition coefficient (Wildman–Crippen LogP) is 1.11. The maximum Gasteiger partial charge on any atom is 0.0678 e. The minimum atomic E-state index is 0.356. The number of nitrogens with one attached hydrogen (secondary N) is 1. The summed E-state index contributed by atoms with van der Waals surface area (Å²) in [4.78, 5) is 2.52. The molecule has 17 heavy (non-hydrogen) atoms. The Kier molecular flexibility index (Phi) is 7.04. The van der Waals surface area contributed by atoms with Crippen molar-refractivity contribution in [2.45, 2.75) is 45.4 Å². The summed E-state index contributed by atoms with van der Waals surface area (Å²) in [6.07, 6.45) is 1.79. The molecule has 0 amide bonds. The summed E-state index contributed by atoms with van der Waals surface area (Å²) in [7, 11) is 1.75. The molecule has 1 aliphatic rings. The summed E-state index contributed by atoms with van der Waals surface area (Å²) in [6, 6.07) is 0.575. The van der Waals surface area contributed by atoms with E-state index in [4.69, 9.17) is 9.47 Å². The molecule has 1 fully saturated rings. The highest BCUT2D eigenvalue weighted by Gasteiger charge is 2.25. The van der Waals surface area contributed by atoms with Crippen LogP contribution in [0.1, 0.15) is 27.2 Å². The molecular formula is C13H28N2O2. The topological polar surface area (TPSA) is 33.7 Å². The number of rotatable bonds is 7. The normalized spacial score (nSPS) is 28.2. The van der Waals surface area contributed by atoms with Crippen LogP contribution in [0.5, 0.6) is 0 Å². The average Bonchev–Trinajstić information content (AvgIpc) is 2.27. The molecule has 0 bridgehead atoms. The molecule has 4 heteroatoms. The molecule has 1 saturated heterocycles. The Hall–Kier alpha value is -0.160. The smallest absolute Gasteiger partial charge is 0.0678 e. The van der Waals surface area contributed by atoms with Crippen LogP contribution in [0, 0.1) is 0 Å². The largest absolute Gasteiger partial charge is 0.385 e. The monoisotopic (exact) mass is 244 g/mol. The van der Waals surface area contributed by atoms with Gasteiger partial charge in [-0.25, -0.2) is 0 Å². The first kappa shape index (κ1) is 14.9. The summed E-state index contributed by atoms with van der Waals surface area (Å²) in [5.41, 5.74) is 0. The first-order valence-electron chi connectivity index (χ1n) is 6.72. The van der Waals surface area contributed by atoms with Gasteiger partial charge in [0.2, 0.25) is 0 Å². The SMILES string of the molecule is COCCCNCC(C)N1C[C@@H](C)O[C@@H](C)C1. The number of nitrogens with zero attached hydrogens (tertiary/aromatic N) is 1. The van der Waals surface area contributed by atoms with Gasteiger partial charge in [0.1, 0.15) is 0 Å². The van der Waals surface area contributed by atoms with Gasteiger partial charge in [-0.05, 0) is 33.7 Å². The average molecular weight is 244 g/mol. The van der Waals surface area contributed by atoms with Crippen molar-refractivity contribution < 1.29 is 9.47 Å². The third-order valence-electron chi connectivity index (χ3n) is 3.21. The summed E-state index contributed by atoms with van der Waals surface area (Å²) >= 11 is 0. The molecule has 1 N–H and O–H groups in total. The van der Waals surface area contributed by atoms with Crippen molar-refractivity contribution >= 4 is 0 Å². The standard InChI is InChI=1S/C13H28N2O2/c1-11(8-14-6-5-7-16-4)15-9-12(2)17-13(3)10-15/h11-14H,5-10H2,1-4H3/t11?,12-,13+. The van der Waals surface area contributed by atoms with Crippen LogP contribution >= 0.6 is 0 Å². The van der Waals surface area contributed by atoms with E-state index in [1.165, 1.54) is 0 Å². The van der Waals surface area contributed by atoms with Crippen molar-refractivity contribution in [2.75, 3.05) is 39.9 Å². The number of hydrogen-bond donors (Lipinski definition) is 1. The Morgan fingerprint density at radius 2 is 2.00 bits per heavy atom. The van der Waals surface area contributed by atoms with Gasteiger partial charge in [0.25, 0.3) is 0 Å². The summed E-state index contributed by atoms with van der Waals surface area (Å²) in [5.74, 6) is 0. The van der Waals surface area contributed by atoms with Crippen LogP contribution in [0.4, 0.5) is 0 Å². The van der Waals surface area contributed by atoms with Crippen molar-refractivity contribution in [3.05, 3.63) is 0 Å². The molecule has 4 nitrogen and oxygen atoms in total. The highest BCUT2D eigenvalue weighted by molar-refractivity contribution is 4.78. The minimum Gasteiger partial charge on any atom is -0.385 e. The van der Waals surface area contributed by atoms with Crippen LogP contribution in [0.25, 0.3) is 0 Å². The zero-order chi connectivity index (χ0) is 12.7. The fourth-order valence-electron chi connectivity index (χ4n) is 2.36. The highest BCUT2D eigenvalue weighted by atomic mass is 16.5. The molecule has 0 aromatic heterocycles. The Labute approximate surface area is 106 Å². The lowest BCUT2D eigenvalue weighted by atomic mass is 10.1. The van der Waals surface area contributed by atoms with Crippen LogP contribution in [0.2, 0.25) is 0 Å². The van der Waals surface area contributed by atoms with Gasteiger partial charge < -0.3 is 14.8 Å². The Morgan fingerprint density at radius 1 is 1.35 bits per heavy atom. The highest BCUT2D eigenvalue weighted by Crippen LogP contribution is 2.12. The molecule has 0 radical (unpaired) electrons. The second-order valence-corrected chi connectivity index (χ2v) is 5.11. The van der Waals surface area contributed by atoms with E-state index in [9.17, 15) is 0 Å². The molecule has 1 aliphatic heterocycles. The van der Waals surface area contributed by atoms with E-state index < -0.39 is 0 Å². The van der Waals surface area contributed by atoms with Gasteiger partial charge in [0, 0.05) is 39.4 Å². The summed E-state index contributed by atoms with van der Waals surface area (Å²) < 4.78 is 10.8. The van der Waals surface area contributed by atoms with Crippen molar-refractivity contribution in [1.82, 2.24) is 10.2 Å². The summed E-state index contributed by atoms with van der Waals surface area (Å²) in [6.45, 7) is 11.6. The number of ether oxygens (including phenoxy) is 2. The third kappa shape index (κ3) is 5.82. The van der Waals surface area contributed by atoms with Gasteiger partial charge in [0.15, 0.2) is 0 Å². The third-order valence-corrected chi connectivity index (χ3v) is 3.21. The van der Waals surface area contributed by atoms with Crippen LogP contribution in [-0.2, 0) is 9.47 Å². The lowest BCUT2D eigenvalue weighted by molar-refractivity contribution is -0.0780. The maximum atomic E-state index is 5.75. The molecular weight excluding hydrogens is 216 g/mol. The predicted molar refractivity (Wildman–Crippen MR) is 70.4 cm³/mol. The fraction of sp³-hybridized carbons (Fsp3) is 1.00. The van der Waals surface area contributed by atoms with Gasteiger partial charge in [0.05, 0.1) is 12.2 Å². The van der Waals surface area contributed by atoms with E-state index in [0.717, 1.165) is 39.2 Å². The van der Waals surface area contributed by atoms with E-state index >= 15 is 0 Å². The Balaban J connectivity index is 2.15. The van der Waals surface area contributed by atoms with Crippen molar-refractivity contribution in [1.29, 1.82) is 0 Å². The molecule has 1 heterocycles. The van der Waals surface area contributed by atoms with Crippen molar-refractivity contribution in [3.63, 3.8) is 0 Å². The number of methoxy groups -OCH3 is 1. The first-order valence-corrected chi connectivity index (χ1v) is 6.72. The molecule has 1 rings (SSSR count). The molecule has 3 atom stereocenters. The minimum absolute atomic E-state index is 0.356. The molecule has 0 aromatic carbocycles. The van der Waals surface area contributed by atoms with E-state index in [2.05, 4.69) is 31.0 Å². The fourth-order valence-corrected chi connectivity index (χ4v) is 2.36. The maximum absolute atomic E-state index is 5.75. The zero-order valence-corrected chi connectivity index (χ0v) is 11.7. The second-order valence-electron chi connectivity index (χ2n) is 5.11. The lowest BCUT2D eigenvalue weighted by Gasteiger charge is -2.39. The molecule has 102 valence electrons. The van der Waals surface area contributed by atoms with Crippen molar-refractivity contribution in [2.24, 2.45) is 0 Å². The Bertz CT molecular complexity index is 192. The van der Waals surface area contributed by atoms with Crippen molar-refractivity contribution in [3.8, 4) is 0 Å². The molecule has 0 spiro atoms. The Morgan fingerprint density at radius 3 is 2.59 bits per heavy atom. The van der Waals surface area contributed by atoms with Crippen LogP contribution in [0.15, 0.2) is 0 Å². The van der Waals surface area contributed by atoms with Gasteiger partial charge in [-0.1, -0.05) is 0 Å². The van der Waals surface area contributed by atoms with Crippen LogP contribution < -0.4 is 5.32 Å². The lowest BCUT2D eigenvalue weighted by Crippen LogP contribution is -2.51. The zero-order valence-electron chi connectivity index (χ0n) is 11.7. The molecule has 0 saturated carbocycles. The quantitative estimate of drug-likeness (QED) is 0.680. The van der Waals surface area contributed by atoms with E-state index in [0.29, 0.717) is 18.2 Å². The molecule has 0 aromatic rings. The first-order chi connectivity index (χ1) is 8.13. The van der Waals surface area contributed by atoms with E-state index in [-0.39, 0.29) is 0 Å². The number of morpholine rings is 1. The molecule has 1 unspecified atom stereocenters. The number of hydrogen-bond acceptors (Lipinski definition) is 4.